The van der Waals surface area contributed by atoms with E-state index >= 15 is 0 Å². The number of hydrogen-bond donors (Lipinski definition) is 0. The van der Waals surface area contributed by atoms with Gasteiger partial charge in [0.1, 0.15) is 4.90 Å². The van der Waals surface area contributed by atoms with Gasteiger partial charge in [0, 0.05) is 5.02 Å². The maximum absolute atomic E-state index is 13.0. The molecule has 7 nitrogen and oxygen atoms in total. The van der Waals surface area contributed by atoms with E-state index in [0.717, 1.165) is 0 Å². The van der Waals surface area contributed by atoms with Crippen LogP contribution < -0.4 is 13.9 Å². The van der Waals surface area contributed by atoms with Crippen molar-refractivity contribution in [1.82, 2.24) is 0 Å². The van der Waals surface area contributed by atoms with E-state index < -0.39 is 10.1 Å². The minimum absolute atomic E-state index is 0.0105. The largest absolute Gasteiger partial charge is 0.493 e. The number of carbonyl (C=O) groups excluding carboxylic acids is 1. The molecule has 0 fully saturated rings. The van der Waals surface area contributed by atoms with E-state index in [1.54, 1.807) is 25.1 Å². The average Bonchev–Trinajstić information content (AvgIpc) is 3.09. The number of para-hydroxylation sites is 1. The lowest BCUT2D eigenvalue weighted by atomic mass is 10.1. The second kappa shape index (κ2) is 9.50. The number of methoxy groups -OCH3 is 1. The third kappa shape index (κ3) is 4.79. The molecule has 0 radical (unpaired) electrons. The van der Waals surface area contributed by atoms with Gasteiger partial charge in [-0.1, -0.05) is 41.4 Å². The summed E-state index contributed by atoms with van der Waals surface area (Å²) in [5.74, 6) is -0.392. The van der Waals surface area contributed by atoms with Gasteiger partial charge in [0.25, 0.3) is 5.91 Å². The molecule has 0 saturated heterocycles. The first-order chi connectivity index (χ1) is 16.2. The highest BCUT2D eigenvalue weighted by Gasteiger charge is 2.29. The van der Waals surface area contributed by atoms with Crippen molar-refractivity contribution >= 4 is 56.7 Å². The van der Waals surface area contributed by atoms with E-state index in [2.05, 4.69) is 5.10 Å². The molecule has 0 aliphatic carbocycles. The number of carbonyl (C=O) groups is 1. The third-order valence-corrected chi connectivity index (χ3v) is 6.69. The fourth-order valence-corrected chi connectivity index (χ4v) is 4.64. The van der Waals surface area contributed by atoms with Gasteiger partial charge >= 0.3 is 10.1 Å². The smallest absolute Gasteiger partial charge is 0.339 e. The lowest BCUT2D eigenvalue weighted by molar-refractivity contribution is -0.114. The molecule has 3 aromatic rings. The average molecular weight is 517 g/mol. The van der Waals surface area contributed by atoms with Crippen molar-refractivity contribution in [2.24, 2.45) is 5.10 Å². The van der Waals surface area contributed by atoms with Crippen LogP contribution in [0.5, 0.6) is 11.5 Å². The fourth-order valence-electron chi connectivity index (χ4n) is 3.26. The first-order valence-electron chi connectivity index (χ1n) is 9.94. The molecule has 0 atom stereocenters. The summed E-state index contributed by atoms with van der Waals surface area (Å²) < 4.78 is 36.0. The standard InChI is InChI=1S/C24H18Cl2N2O5S/c1-15-20(24(29)28(27-15)18-6-4-3-5-7-18)12-16-13-21(26)23(22(14-16)32-2)33-34(30,31)19-10-8-17(25)9-11-19/h3-14H,1-2H3/b20-12+. The molecular weight excluding hydrogens is 499 g/mol. The van der Waals surface area contributed by atoms with Gasteiger partial charge in [-0.05, 0) is 67.1 Å². The van der Waals surface area contributed by atoms with Gasteiger partial charge in [-0.3, -0.25) is 4.79 Å². The van der Waals surface area contributed by atoms with Crippen LogP contribution in [0.3, 0.4) is 0 Å². The monoisotopic (exact) mass is 516 g/mol. The Labute approximate surface area is 206 Å². The Kier molecular flexibility index (Phi) is 6.65. The summed E-state index contributed by atoms with van der Waals surface area (Å²) in [7, 11) is -2.84. The van der Waals surface area contributed by atoms with Crippen LogP contribution in [0, 0.1) is 0 Å². The van der Waals surface area contributed by atoms with Crippen LogP contribution in [0.4, 0.5) is 5.69 Å². The van der Waals surface area contributed by atoms with Gasteiger partial charge in [-0.2, -0.15) is 18.5 Å². The van der Waals surface area contributed by atoms with Crippen LogP contribution in [0.2, 0.25) is 10.0 Å². The van der Waals surface area contributed by atoms with E-state index in [4.69, 9.17) is 32.1 Å². The first kappa shape index (κ1) is 23.8. The Morgan fingerprint density at radius 1 is 1.00 bits per heavy atom. The summed E-state index contributed by atoms with van der Waals surface area (Å²) in [6.45, 7) is 1.72. The quantitative estimate of drug-likeness (QED) is 0.315. The molecule has 10 heteroatoms. The second-order valence-corrected chi connectivity index (χ2v) is 9.61. The fraction of sp³-hybridized carbons (Fsp3) is 0.0833. The number of benzene rings is 3. The number of hydrogen-bond acceptors (Lipinski definition) is 6. The van der Waals surface area contributed by atoms with Crippen molar-refractivity contribution in [3.05, 3.63) is 87.9 Å². The first-order valence-corrected chi connectivity index (χ1v) is 12.1. The van der Waals surface area contributed by atoms with Crippen molar-refractivity contribution in [3.8, 4) is 11.5 Å². The normalized spacial score (nSPS) is 14.9. The zero-order chi connectivity index (χ0) is 24.5. The molecule has 0 N–H and O–H groups in total. The molecule has 0 aromatic heterocycles. The lowest BCUT2D eigenvalue weighted by Crippen LogP contribution is -2.21. The summed E-state index contributed by atoms with van der Waals surface area (Å²) in [6, 6.07) is 17.6. The maximum Gasteiger partial charge on any atom is 0.339 e. The van der Waals surface area contributed by atoms with Crippen molar-refractivity contribution in [2.75, 3.05) is 12.1 Å². The summed E-state index contributed by atoms with van der Waals surface area (Å²) in [5.41, 5.74) is 2.03. The molecule has 34 heavy (non-hydrogen) atoms. The summed E-state index contributed by atoms with van der Waals surface area (Å²) in [6.07, 6.45) is 1.61. The number of anilines is 1. The molecule has 3 aromatic carbocycles. The van der Waals surface area contributed by atoms with Crippen LogP contribution in [0.15, 0.2) is 82.3 Å². The zero-order valence-corrected chi connectivity index (χ0v) is 20.4. The van der Waals surface area contributed by atoms with Crippen molar-refractivity contribution in [3.63, 3.8) is 0 Å². The van der Waals surface area contributed by atoms with Gasteiger partial charge in [-0.15, -0.1) is 0 Å². The molecule has 1 amide bonds. The molecule has 0 saturated carbocycles. The lowest BCUT2D eigenvalue weighted by Gasteiger charge is -2.14. The molecule has 1 heterocycles. The van der Waals surface area contributed by atoms with Gasteiger partial charge in [0.05, 0.1) is 29.1 Å². The van der Waals surface area contributed by atoms with Crippen LogP contribution in [0.25, 0.3) is 6.08 Å². The Morgan fingerprint density at radius 2 is 1.68 bits per heavy atom. The van der Waals surface area contributed by atoms with E-state index in [-0.39, 0.29) is 27.3 Å². The molecule has 4 rings (SSSR count). The highest BCUT2D eigenvalue weighted by molar-refractivity contribution is 7.87. The van der Waals surface area contributed by atoms with Gasteiger partial charge in [-0.25, -0.2) is 0 Å². The van der Waals surface area contributed by atoms with Crippen molar-refractivity contribution in [2.45, 2.75) is 11.8 Å². The number of amides is 1. The molecule has 174 valence electrons. The Bertz CT molecular complexity index is 1420. The Balaban J connectivity index is 1.66. The van der Waals surface area contributed by atoms with Crippen LogP contribution in [0.1, 0.15) is 12.5 Å². The molecular formula is C24H18Cl2N2O5S. The van der Waals surface area contributed by atoms with E-state index in [1.165, 1.54) is 48.5 Å². The van der Waals surface area contributed by atoms with Crippen molar-refractivity contribution in [1.29, 1.82) is 0 Å². The zero-order valence-electron chi connectivity index (χ0n) is 18.0. The maximum atomic E-state index is 13.0. The number of ether oxygens (including phenoxy) is 1. The van der Waals surface area contributed by atoms with Crippen LogP contribution in [-0.4, -0.2) is 27.1 Å². The summed E-state index contributed by atoms with van der Waals surface area (Å²) in [4.78, 5) is 12.9. The second-order valence-electron chi connectivity index (χ2n) is 7.22. The van der Waals surface area contributed by atoms with Gasteiger partial charge < -0.3 is 8.92 Å². The SMILES string of the molecule is COc1cc(/C=C2/C(=O)N(c3ccccc3)N=C2C)cc(Cl)c1OS(=O)(=O)c1ccc(Cl)cc1. The number of hydrazone groups is 1. The van der Waals surface area contributed by atoms with E-state index in [0.29, 0.717) is 27.6 Å². The summed E-state index contributed by atoms with van der Waals surface area (Å²) in [5, 5.41) is 6.03. The number of rotatable bonds is 6. The Morgan fingerprint density at radius 3 is 2.32 bits per heavy atom. The van der Waals surface area contributed by atoms with Gasteiger partial charge in [0.2, 0.25) is 5.75 Å². The number of halogens is 2. The topological polar surface area (TPSA) is 85.3 Å². The minimum atomic E-state index is -4.19. The summed E-state index contributed by atoms with van der Waals surface area (Å²) >= 11 is 12.2. The van der Waals surface area contributed by atoms with E-state index in [1.807, 2.05) is 18.2 Å². The Hall–Kier alpha value is -3.33. The molecule has 0 unspecified atom stereocenters. The highest BCUT2D eigenvalue weighted by atomic mass is 35.5. The van der Waals surface area contributed by atoms with Gasteiger partial charge in [0.15, 0.2) is 5.75 Å². The predicted molar refractivity (Wildman–Crippen MR) is 132 cm³/mol. The molecule has 1 aliphatic heterocycles. The highest BCUT2D eigenvalue weighted by Crippen LogP contribution is 2.39. The van der Waals surface area contributed by atoms with Crippen LogP contribution in [-0.2, 0) is 14.9 Å². The number of nitrogens with zero attached hydrogens (tertiary/aromatic N) is 2. The van der Waals surface area contributed by atoms with Crippen LogP contribution >= 0.6 is 23.2 Å². The van der Waals surface area contributed by atoms with Crippen molar-refractivity contribution < 1.29 is 22.1 Å². The molecule has 0 bridgehead atoms. The predicted octanol–water partition coefficient (Wildman–Crippen LogP) is 5.58. The minimum Gasteiger partial charge on any atom is -0.493 e. The third-order valence-electron chi connectivity index (χ3n) is 4.92. The van der Waals surface area contributed by atoms with E-state index in [9.17, 15) is 13.2 Å². The molecule has 0 spiro atoms. The molecule has 1 aliphatic rings.